The van der Waals surface area contributed by atoms with Gasteiger partial charge in [-0.2, -0.15) is 0 Å². The Bertz CT molecular complexity index is 805. The number of benzene rings is 2. The molecule has 1 aliphatic rings. The molecule has 0 unspecified atom stereocenters. The second-order valence-electron chi connectivity index (χ2n) is 6.14. The SMILES string of the molecule is O=C(COc1cccc([N+](=O)[O-])c1)Nc1ccccc1CN1CCOCC1. The summed E-state index contributed by atoms with van der Waals surface area (Å²) in [7, 11) is 0. The Balaban J connectivity index is 1.57. The van der Waals surface area contributed by atoms with Crippen molar-refractivity contribution in [2.24, 2.45) is 0 Å². The minimum atomic E-state index is -0.505. The van der Waals surface area contributed by atoms with Gasteiger partial charge in [0.15, 0.2) is 6.61 Å². The monoisotopic (exact) mass is 371 g/mol. The van der Waals surface area contributed by atoms with Crippen LogP contribution in [0.25, 0.3) is 0 Å². The molecule has 0 spiro atoms. The third-order valence-corrected chi connectivity index (χ3v) is 4.19. The molecule has 1 aliphatic heterocycles. The molecule has 0 aliphatic carbocycles. The fourth-order valence-corrected chi connectivity index (χ4v) is 2.80. The van der Waals surface area contributed by atoms with Crippen molar-refractivity contribution in [1.29, 1.82) is 0 Å². The highest BCUT2D eigenvalue weighted by Gasteiger charge is 2.14. The normalized spacial score (nSPS) is 14.5. The van der Waals surface area contributed by atoms with E-state index >= 15 is 0 Å². The lowest BCUT2D eigenvalue weighted by molar-refractivity contribution is -0.384. The Kier molecular flexibility index (Phi) is 6.35. The predicted molar refractivity (Wildman–Crippen MR) is 99.8 cm³/mol. The van der Waals surface area contributed by atoms with Crippen LogP contribution >= 0.6 is 0 Å². The van der Waals surface area contributed by atoms with Crippen molar-refractivity contribution >= 4 is 17.3 Å². The smallest absolute Gasteiger partial charge is 0.273 e. The van der Waals surface area contributed by atoms with Gasteiger partial charge >= 0.3 is 0 Å². The van der Waals surface area contributed by atoms with Crippen LogP contribution in [0.3, 0.4) is 0 Å². The summed E-state index contributed by atoms with van der Waals surface area (Å²) in [6, 6.07) is 13.4. The molecular weight excluding hydrogens is 350 g/mol. The quantitative estimate of drug-likeness (QED) is 0.593. The zero-order valence-electron chi connectivity index (χ0n) is 14.8. The lowest BCUT2D eigenvalue weighted by Gasteiger charge is -2.27. The number of ether oxygens (including phenoxy) is 2. The van der Waals surface area contributed by atoms with Crippen LogP contribution < -0.4 is 10.1 Å². The number of amides is 1. The van der Waals surface area contributed by atoms with E-state index in [2.05, 4.69) is 10.2 Å². The molecule has 1 heterocycles. The van der Waals surface area contributed by atoms with E-state index in [1.54, 1.807) is 6.07 Å². The molecule has 27 heavy (non-hydrogen) atoms. The first-order valence-electron chi connectivity index (χ1n) is 8.67. The van der Waals surface area contributed by atoms with Crippen LogP contribution in [0.4, 0.5) is 11.4 Å². The van der Waals surface area contributed by atoms with Gasteiger partial charge in [-0.25, -0.2) is 0 Å². The summed E-state index contributed by atoms with van der Waals surface area (Å²) in [4.78, 5) is 24.8. The Labute approximate surface area is 156 Å². The maximum Gasteiger partial charge on any atom is 0.273 e. The number of nitrogens with zero attached hydrogens (tertiary/aromatic N) is 2. The first-order chi connectivity index (χ1) is 13.1. The average Bonchev–Trinajstić information content (AvgIpc) is 2.69. The van der Waals surface area contributed by atoms with Gasteiger partial charge in [0.25, 0.3) is 11.6 Å². The summed E-state index contributed by atoms with van der Waals surface area (Å²) in [6.45, 7) is 3.64. The van der Waals surface area contributed by atoms with E-state index in [0.717, 1.165) is 30.9 Å². The lowest BCUT2D eigenvalue weighted by Crippen LogP contribution is -2.36. The van der Waals surface area contributed by atoms with Crippen molar-refractivity contribution in [3.63, 3.8) is 0 Å². The Morgan fingerprint density at radius 1 is 1.19 bits per heavy atom. The van der Waals surface area contributed by atoms with Crippen molar-refractivity contribution in [2.75, 3.05) is 38.2 Å². The van der Waals surface area contributed by atoms with E-state index < -0.39 is 4.92 Å². The van der Waals surface area contributed by atoms with E-state index in [1.807, 2.05) is 24.3 Å². The third kappa shape index (κ3) is 5.50. The van der Waals surface area contributed by atoms with Gasteiger partial charge in [-0.3, -0.25) is 19.8 Å². The van der Waals surface area contributed by atoms with Crippen molar-refractivity contribution in [1.82, 2.24) is 4.90 Å². The van der Waals surface area contributed by atoms with Gasteiger partial charge in [-0.1, -0.05) is 24.3 Å². The fraction of sp³-hybridized carbons (Fsp3) is 0.316. The van der Waals surface area contributed by atoms with Crippen molar-refractivity contribution in [2.45, 2.75) is 6.54 Å². The zero-order valence-corrected chi connectivity index (χ0v) is 14.8. The van der Waals surface area contributed by atoms with Crippen LogP contribution in [-0.2, 0) is 16.1 Å². The Morgan fingerprint density at radius 2 is 1.96 bits per heavy atom. The van der Waals surface area contributed by atoms with E-state index in [4.69, 9.17) is 9.47 Å². The van der Waals surface area contributed by atoms with Crippen molar-refractivity contribution in [3.05, 3.63) is 64.2 Å². The molecule has 2 aromatic rings. The van der Waals surface area contributed by atoms with E-state index in [9.17, 15) is 14.9 Å². The first-order valence-corrected chi connectivity index (χ1v) is 8.67. The summed E-state index contributed by atoms with van der Waals surface area (Å²) >= 11 is 0. The average molecular weight is 371 g/mol. The molecule has 8 nitrogen and oxygen atoms in total. The van der Waals surface area contributed by atoms with Gasteiger partial charge in [0.05, 0.1) is 24.2 Å². The molecule has 1 N–H and O–H groups in total. The molecule has 8 heteroatoms. The Morgan fingerprint density at radius 3 is 2.74 bits per heavy atom. The topological polar surface area (TPSA) is 93.9 Å². The van der Waals surface area contributed by atoms with Crippen LogP contribution in [0.2, 0.25) is 0 Å². The second-order valence-corrected chi connectivity index (χ2v) is 6.14. The standard InChI is InChI=1S/C19H21N3O5/c23-19(14-27-17-6-3-5-16(12-17)22(24)25)20-18-7-2-1-4-15(18)13-21-8-10-26-11-9-21/h1-7,12H,8-11,13-14H2,(H,20,23). The van der Waals surface area contributed by atoms with Crippen molar-refractivity contribution in [3.8, 4) is 5.75 Å². The molecule has 142 valence electrons. The highest BCUT2D eigenvalue weighted by atomic mass is 16.6. The highest BCUT2D eigenvalue weighted by molar-refractivity contribution is 5.92. The number of morpholine rings is 1. The largest absolute Gasteiger partial charge is 0.484 e. The molecule has 0 bridgehead atoms. The maximum absolute atomic E-state index is 12.2. The first kappa shape index (κ1) is 18.8. The molecule has 0 aromatic heterocycles. The fourth-order valence-electron chi connectivity index (χ4n) is 2.80. The Hall–Kier alpha value is -2.97. The molecule has 1 amide bonds. The van der Waals surface area contributed by atoms with E-state index in [-0.39, 0.29) is 24.0 Å². The number of nitrogens with one attached hydrogen (secondary N) is 1. The van der Waals surface area contributed by atoms with Gasteiger partial charge < -0.3 is 14.8 Å². The van der Waals surface area contributed by atoms with Gasteiger partial charge in [0, 0.05) is 31.4 Å². The number of nitro groups is 1. The number of carbonyl (C=O) groups excluding carboxylic acids is 1. The van der Waals surface area contributed by atoms with Crippen LogP contribution in [0, 0.1) is 10.1 Å². The third-order valence-electron chi connectivity index (χ3n) is 4.19. The van der Waals surface area contributed by atoms with Crippen LogP contribution in [0.5, 0.6) is 5.75 Å². The zero-order chi connectivity index (χ0) is 19.1. The summed E-state index contributed by atoms with van der Waals surface area (Å²) < 4.78 is 10.7. The molecule has 3 rings (SSSR count). The van der Waals surface area contributed by atoms with Crippen molar-refractivity contribution < 1.29 is 19.2 Å². The van der Waals surface area contributed by atoms with Crippen LogP contribution in [-0.4, -0.2) is 48.6 Å². The molecule has 1 saturated heterocycles. The number of para-hydroxylation sites is 1. The van der Waals surface area contributed by atoms with Gasteiger partial charge in [0.2, 0.25) is 0 Å². The minimum absolute atomic E-state index is 0.0798. The minimum Gasteiger partial charge on any atom is -0.484 e. The van der Waals surface area contributed by atoms with Crippen LogP contribution in [0.15, 0.2) is 48.5 Å². The number of carbonyl (C=O) groups is 1. The maximum atomic E-state index is 12.2. The summed E-state index contributed by atoms with van der Waals surface area (Å²) in [5.41, 5.74) is 1.67. The lowest BCUT2D eigenvalue weighted by atomic mass is 10.1. The van der Waals surface area contributed by atoms with Crippen LogP contribution in [0.1, 0.15) is 5.56 Å². The molecule has 2 aromatic carbocycles. The summed E-state index contributed by atoms with van der Waals surface area (Å²) in [5.74, 6) is -0.0446. The second kappa shape index (κ2) is 9.11. The van der Waals surface area contributed by atoms with Gasteiger partial charge in [-0.15, -0.1) is 0 Å². The van der Waals surface area contributed by atoms with E-state index in [0.29, 0.717) is 13.2 Å². The summed E-state index contributed by atoms with van der Waals surface area (Å²) in [5, 5.41) is 13.6. The number of rotatable bonds is 7. The van der Waals surface area contributed by atoms with Gasteiger partial charge in [-0.05, 0) is 17.7 Å². The van der Waals surface area contributed by atoms with Gasteiger partial charge in [0.1, 0.15) is 5.75 Å². The molecule has 1 fully saturated rings. The predicted octanol–water partition coefficient (Wildman–Crippen LogP) is 2.44. The molecule has 0 atom stereocenters. The van der Waals surface area contributed by atoms with E-state index in [1.165, 1.54) is 18.2 Å². The molecular formula is C19H21N3O5. The highest BCUT2D eigenvalue weighted by Crippen LogP contribution is 2.20. The summed E-state index contributed by atoms with van der Waals surface area (Å²) in [6.07, 6.45) is 0. The number of hydrogen-bond acceptors (Lipinski definition) is 6. The number of nitro benzene ring substituents is 1. The number of non-ortho nitro benzene ring substituents is 1. The number of anilines is 1. The molecule has 0 radical (unpaired) electrons. The molecule has 0 saturated carbocycles. The number of hydrogen-bond donors (Lipinski definition) is 1.